The molecule has 0 aliphatic rings. The number of phosphoric ester groups is 1. The fourth-order valence-electron chi connectivity index (χ4n) is 9.40. The maximum Gasteiger partial charge on any atom is 0.268 e. The monoisotopic (exact) mass is 971 g/mol. The third-order valence-electron chi connectivity index (χ3n) is 14.1. The van der Waals surface area contributed by atoms with E-state index in [9.17, 15) is 19.4 Å². The first-order valence-electron chi connectivity index (χ1n) is 29.9. The summed E-state index contributed by atoms with van der Waals surface area (Å²) in [7, 11) is 1.32. The number of carbonyl (C=O) groups excluding carboxylic acids is 1. The first-order valence-corrected chi connectivity index (χ1v) is 31.3. The first-order chi connectivity index (χ1) is 32.5. The van der Waals surface area contributed by atoms with E-state index < -0.39 is 20.0 Å². The van der Waals surface area contributed by atoms with Crippen LogP contribution in [0, 0.1) is 0 Å². The number of nitrogens with zero attached hydrogens (tertiary/aromatic N) is 1. The molecule has 402 valence electrons. The molecule has 0 spiro atoms. The van der Waals surface area contributed by atoms with Crippen LogP contribution in [0.3, 0.4) is 0 Å². The number of amides is 1. The Labute approximate surface area is 419 Å². The van der Waals surface area contributed by atoms with Crippen molar-refractivity contribution in [1.82, 2.24) is 5.32 Å². The topological polar surface area (TPSA) is 108 Å². The highest BCUT2D eigenvalue weighted by molar-refractivity contribution is 7.45. The van der Waals surface area contributed by atoms with E-state index in [0.717, 1.165) is 38.5 Å². The summed E-state index contributed by atoms with van der Waals surface area (Å²) >= 11 is 0. The molecule has 0 aromatic carbocycles. The predicted octanol–water partition coefficient (Wildman–Crippen LogP) is 17.4. The Morgan fingerprint density at radius 2 is 0.731 bits per heavy atom. The molecule has 0 aliphatic heterocycles. The zero-order chi connectivity index (χ0) is 49.2. The Morgan fingerprint density at radius 1 is 0.463 bits per heavy atom. The number of nitrogens with one attached hydrogen (secondary N) is 1. The number of carbonyl (C=O) groups is 1. The van der Waals surface area contributed by atoms with Gasteiger partial charge in [-0.05, 0) is 12.8 Å². The van der Waals surface area contributed by atoms with Crippen molar-refractivity contribution in [1.29, 1.82) is 0 Å². The highest BCUT2D eigenvalue weighted by Crippen LogP contribution is 2.38. The summed E-state index contributed by atoms with van der Waals surface area (Å²) in [5.74, 6) is -0.157. The number of hydrogen-bond donors (Lipinski definition) is 2. The second-order valence-electron chi connectivity index (χ2n) is 22.1. The molecule has 0 aromatic heterocycles. The van der Waals surface area contributed by atoms with Gasteiger partial charge in [0.1, 0.15) is 13.2 Å². The van der Waals surface area contributed by atoms with E-state index in [1.165, 1.54) is 250 Å². The Balaban J connectivity index is 3.96. The van der Waals surface area contributed by atoms with Crippen molar-refractivity contribution >= 4 is 13.7 Å². The maximum atomic E-state index is 13.0. The van der Waals surface area contributed by atoms with Gasteiger partial charge < -0.3 is 28.8 Å². The molecular formula is C58H119N2O6P. The summed E-state index contributed by atoms with van der Waals surface area (Å²) < 4.78 is 23.4. The lowest BCUT2D eigenvalue weighted by Gasteiger charge is -2.30. The Hall–Kier alpha value is -0.500. The van der Waals surface area contributed by atoms with Crippen LogP contribution < -0.4 is 10.2 Å². The fraction of sp³-hybridized carbons (Fsp3) is 0.983. The molecule has 0 radical (unpaired) electrons. The van der Waals surface area contributed by atoms with Gasteiger partial charge in [-0.25, -0.2) is 0 Å². The van der Waals surface area contributed by atoms with Crippen molar-refractivity contribution in [3.63, 3.8) is 0 Å². The Bertz CT molecular complexity index is 1060. The van der Waals surface area contributed by atoms with Crippen molar-refractivity contribution in [2.45, 2.75) is 328 Å². The zero-order valence-corrected chi connectivity index (χ0v) is 46.8. The van der Waals surface area contributed by atoms with Gasteiger partial charge in [-0.15, -0.1) is 0 Å². The summed E-state index contributed by atoms with van der Waals surface area (Å²) in [6, 6.07) is -0.794. The van der Waals surface area contributed by atoms with Gasteiger partial charge in [-0.1, -0.05) is 296 Å². The van der Waals surface area contributed by atoms with Crippen LogP contribution in [0.1, 0.15) is 316 Å². The molecule has 0 heterocycles. The second-order valence-corrected chi connectivity index (χ2v) is 23.5. The lowest BCUT2D eigenvalue weighted by molar-refractivity contribution is -0.870. The molecular weight excluding hydrogens is 852 g/mol. The van der Waals surface area contributed by atoms with E-state index in [4.69, 9.17) is 9.05 Å². The number of quaternary nitrogens is 1. The van der Waals surface area contributed by atoms with E-state index in [1.54, 1.807) is 0 Å². The normalized spacial score (nSPS) is 13.8. The standard InChI is InChI=1S/C58H119N2O6P/c1-6-8-10-12-14-16-18-20-22-23-24-25-26-27-28-29-30-31-32-33-34-35-36-37-38-40-42-44-46-48-50-52-58(62)59-56(55-66-67(63,64)65-54-53-60(3,4)5)57(61)51-49-47-45-43-41-39-21-19-17-15-13-11-9-7-2/h56-57,61H,6-55H2,1-5H3,(H-,59,62,63,64)/t56-,57+/m0/s1. The van der Waals surface area contributed by atoms with Crippen molar-refractivity contribution < 1.29 is 32.9 Å². The number of rotatable bonds is 56. The van der Waals surface area contributed by atoms with Crippen molar-refractivity contribution in [2.24, 2.45) is 0 Å². The number of aliphatic hydroxyl groups excluding tert-OH is 1. The fourth-order valence-corrected chi connectivity index (χ4v) is 10.1. The average Bonchev–Trinajstić information content (AvgIpc) is 3.29. The molecule has 0 aromatic rings. The molecule has 1 unspecified atom stereocenters. The molecule has 9 heteroatoms. The van der Waals surface area contributed by atoms with Gasteiger partial charge in [0.05, 0.1) is 39.9 Å². The molecule has 8 nitrogen and oxygen atoms in total. The minimum absolute atomic E-state index is 0.0165. The lowest BCUT2D eigenvalue weighted by Crippen LogP contribution is -2.46. The molecule has 0 saturated carbocycles. The van der Waals surface area contributed by atoms with Crippen molar-refractivity contribution in [3.05, 3.63) is 0 Å². The Kier molecular flexibility index (Phi) is 50.1. The van der Waals surface area contributed by atoms with E-state index >= 15 is 0 Å². The molecule has 1 amide bonds. The zero-order valence-electron chi connectivity index (χ0n) is 45.9. The van der Waals surface area contributed by atoms with Crippen LogP contribution in [-0.4, -0.2) is 68.5 Å². The molecule has 0 saturated heterocycles. The summed E-state index contributed by atoms with van der Waals surface area (Å²) in [4.78, 5) is 25.5. The number of aliphatic hydroxyl groups is 1. The second kappa shape index (κ2) is 50.4. The molecule has 3 atom stereocenters. The summed E-state index contributed by atoms with van der Waals surface area (Å²) in [6.45, 7) is 4.77. The van der Waals surface area contributed by atoms with E-state index in [0.29, 0.717) is 23.9 Å². The van der Waals surface area contributed by atoms with Crippen LogP contribution in [0.5, 0.6) is 0 Å². The van der Waals surface area contributed by atoms with Gasteiger partial charge >= 0.3 is 0 Å². The lowest BCUT2D eigenvalue weighted by atomic mass is 10.0. The Morgan fingerprint density at radius 3 is 1.01 bits per heavy atom. The molecule has 67 heavy (non-hydrogen) atoms. The number of unbranched alkanes of at least 4 members (excludes halogenated alkanes) is 43. The maximum absolute atomic E-state index is 13.0. The van der Waals surface area contributed by atoms with Crippen molar-refractivity contribution in [2.75, 3.05) is 40.9 Å². The van der Waals surface area contributed by atoms with Crippen LogP contribution in [0.2, 0.25) is 0 Å². The molecule has 0 fully saturated rings. The minimum atomic E-state index is -4.56. The molecule has 0 bridgehead atoms. The van der Waals surface area contributed by atoms with E-state index in [1.807, 2.05) is 21.1 Å². The number of hydrogen-bond acceptors (Lipinski definition) is 6. The van der Waals surface area contributed by atoms with Crippen LogP contribution >= 0.6 is 7.82 Å². The SMILES string of the molecule is CCCCCCCCCCCCCCCCCCCCCCCCCCCCCCCCCC(=O)N[C@@H](COP(=O)([O-])OCC[N+](C)(C)C)[C@H](O)CCCCCCCCCCCCCCCC. The van der Waals surface area contributed by atoms with Gasteiger partial charge in [0.15, 0.2) is 0 Å². The third kappa shape index (κ3) is 53.1. The van der Waals surface area contributed by atoms with Crippen molar-refractivity contribution in [3.8, 4) is 0 Å². The molecule has 0 rings (SSSR count). The summed E-state index contributed by atoms with van der Waals surface area (Å²) in [5, 5.41) is 14.0. The van der Waals surface area contributed by atoms with Gasteiger partial charge in [0.25, 0.3) is 7.82 Å². The summed E-state index contributed by atoms with van der Waals surface area (Å²) in [6.07, 6.45) is 60.1. The largest absolute Gasteiger partial charge is 0.756 e. The molecule has 0 aliphatic carbocycles. The van der Waals surface area contributed by atoms with Crippen LogP contribution in [0.15, 0.2) is 0 Å². The molecule has 2 N–H and O–H groups in total. The number of likely N-dealkylation sites (N-methyl/N-ethyl adjacent to an activating group) is 1. The first kappa shape index (κ1) is 66.5. The van der Waals surface area contributed by atoms with E-state index in [-0.39, 0.29) is 19.1 Å². The smallest absolute Gasteiger partial charge is 0.268 e. The van der Waals surface area contributed by atoms with Gasteiger partial charge in [-0.2, -0.15) is 0 Å². The van der Waals surface area contributed by atoms with Gasteiger partial charge in [-0.3, -0.25) is 9.36 Å². The van der Waals surface area contributed by atoms with Crippen LogP contribution in [0.25, 0.3) is 0 Å². The highest BCUT2D eigenvalue weighted by Gasteiger charge is 2.24. The average molecular weight is 972 g/mol. The third-order valence-corrected chi connectivity index (χ3v) is 15.1. The highest BCUT2D eigenvalue weighted by atomic mass is 31.2. The van der Waals surface area contributed by atoms with E-state index in [2.05, 4.69) is 19.2 Å². The van der Waals surface area contributed by atoms with Crippen LogP contribution in [-0.2, 0) is 18.4 Å². The van der Waals surface area contributed by atoms with Gasteiger partial charge in [0.2, 0.25) is 5.91 Å². The number of phosphoric acid groups is 1. The quantitative estimate of drug-likeness (QED) is 0.0357. The summed E-state index contributed by atoms with van der Waals surface area (Å²) in [5.41, 5.74) is 0. The minimum Gasteiger partial charge on any atom is -0.756 e. The van der Waals surface area contributed by atoms with Gasteiger partial charge in [0, 0.05) is 6.42 Å². The predicted molar refractivity (Wildman–Crippen MR) is 289 cm³/mol. The van der Waals surface area contributed by atoms with Crippen LogP contribution in [0.4, 0.5) is 0 Å².